The van der Waals surface area contributed by atoms with Crippen LogP contribution in [0.2, 0.25) is 39.3 Å². The van der Waals surface area contributed by atoms with Gasteiger partial charge in [-0.3, -0.25) is 9.13 Å². The molecule has 2 atom stereocenters. The second-order valence-electron chi connectivity index (χ2n) is 7.03. The lowest BCUT2D eigenvalue weighted by Gasteiger charge is -2.51. The first-order valence-electron chi connectivity index (χ1n) is 8.02. The van der Waals surface area contributed by atoms with Gasteiger partial charge in [0.1, 0.15) is 0 Å². The average molecular weight is 383 g/mol. The quantitative estimate of drug-likeness (QED) is 0.696. The highest BCUT2D eigenvalue weighted by atomic mass is 28.5. The van der Waals surface area contributed by atoms with Crippen molar-refractivity contribution in [2.75, 3.05) is 27.2 Å². The van der Waals surface area contributed by atoms with Gasteiger partial charge >= 0.3 is 34.6 Å². The molecule has 10 heteroatoms. The Balaban J connectivity index is 3.28. The maximum absolute atomic E-state index is 6.72. The van der Waals surface area contributed by atoms with Gasteiger partial charge in [0.15, 0.2) is 0 Å². The topological polar surface area (TPSA) is 43.4 Å². The van der Waals surface area contributed by atoms with Crippen molar-refractivity contribution in [3.63, 3.8) is 0 Å². The van der Waals surface area contributed by atoms with Crippen molar-refractivity contribution >= 4 is 34.6 Å². The first kappa shape index (κ1) is 20.7. The van der Waals surface area contributed by atoms with E-state index in [1.807, 2.05) is 0 Å². The molecule has 1 rings (SSSR count). The summed E-state index contributed by atoms with van der Waals surface area (Å²) in [6.45, 7) is 18.6. The number of rotatable bonds is 4. The van der Waals surface area contributed by atoms with Crippen molar-refractivity contribution in [3.8, 4) is 0 Å². The molecule has 0 aromatic carbocycles. The van der Waals surface area contributed by atoms with Crippen LogP contribution in [0, 0.1) is 0 Å². The highest BCUT2D eigenvalue weighted by Gasteiger charge is 2.57. The fourth-order valence-corrected chi connectivity index (χ4v) is 23.5. The standard InChI is InChI=1S/C12H34N2O4Si4/c1-11-13(3)21(9)16-19(5,6)15-20(7,8)17-22(10,18-21)14(4)12-2/h11-12H2,1-10H3. The second kappa shape index (κ2) is 6.86. The molecule has 1 aliphatic heterocycles. The third-order valence-electron chi connectivity index (χ3n) is 4.08. The molecule has 0 saturated carbocycles. The highest BCUT2D eigenvalue weighted by molar-refractivity contribution is 6.92. The van der Waals surface area contributed by atoms with E-state index >= 15 is 0 Å². The molecule has 0 N–H and O–H groups in total. The van der Waals surface area contributed by atoms with Crippen molar-refractivity contribution in [1.29, 1.82) is 0 Å². The lowest BCUT2D eigenvalue weighted by molar-refractivity contribution is 0.163. The normalized spacial score (nSPS) is 35.5. The fourth-order valence-electron chi connectivity index (χ4n) is 2.82. The summed E-state index contributed by atoms with van der Waals surface area (Å²) < 4.78 is 30.7. The lowest BCUT2D eigenvalue weighted by atomic mass is 10.8. The maximum atomic E-state index is 6.72. The first-order valence-corrected chi connectivity index (χ1v) is 18.2. The van der Waals surface area contributed by atoms with Gasteiger partial charge in [0, 0.05) is 0 Å². The van der Waals surface area contributed by atoms with Crippen molar-refractivity contribution in [3.05, 3.63) is 0 Å². The predicted molar refractivity (Wildman–Crippen MR) is 99.1 cm³/mol. The maximum Gasteiger partial charge on any atom is 0.407 e. The van der Waals surface area contributed by atoms with Gasteiger partial charge in [-0.2, -0.15) is 0 Å². The van der Waals surface area contributed by atoms with Gasteiger partial charge in [-0.05, 0) is 66.5 Å². The van der Waals surface area contributed by atoms with Crippen LogP contribution in [-0.2, 0) is 16.5 Å². The van der Waals surface area contributed by atoms with Gasteiger partial charge in [0.05, 0.1) is 0 Å². The van der Waals surface area contributed by atoms with Gasteiger partial charge in [0.2, 0.25) is 0 Å². The Morgan fingerprint density at radius 1 is 0.591 bits per heavy atom. The summed E-state index contributed by atoms with van der Waals surface area (Å²) >= 11 is 0. The Labute approximate surface area is 140 Å². The predicted octanol–water partition coefficient (Wildman–Crippen LogP) is 2.51. The molecule has 1 fully saturated rings. The van der Waals surface area contributed by atoms with Gasteiger partial charge in [-0.25, -0.2) is 0 Å². The molecule has 0 amide bonds. The van der Waals surface area contributed by atoms with E-state index in [9.17, 15) is 0 Å². The van der Waals surface area contributed by atoms with Crippen LogP contribution in [0.5, 0.6) is 0 Å². The molecule has 6 nitrogen and oxygen atoms in total. The molecule has 0 aromatic rings. The molecular weight excluding hydrogens is 348 g/mol. The zero-order valence-corrected chi connectivity index (χ0v) is 19.9. The van der Waals surface area contributed by atoms with Crippen LogP contribution in [0.15, 0.2) is 0 Å². The van der Waals surface area contributed by atoms with Crippen LogP contribution in [0.4, 0.5) is 0 Å². The first-order chi connectivity index (χ1) is 9.79. The molecule has 1 heterocycles. The Morgan fingerprint density at radius 2 is 0.909 bits per heavy atom. The van der Waals surface area contributed by atoms with Crippen molar-refractivity contribution in [2.45, 2.75) is 53.1 Å². The zero-order chi connectivity index (χ0) is 17.4. The third-order valence-corrected chi connectivity index (χ3v) is 21.4. The van der Waals surface area contributed by atoms with Crippen molar-refractivity contribution in [2.24, 2.45) is 0 Å². The van der Waals surface area contributed by atoms with Crippen LogP contribution in [0.3, 0.4) is 0 Å². The molecule has 0 aliphatic carbocycles. The Morgan fingerprint density at radius 3 is 1.18 bits per heavy atom. The van der Waals surface area contributed by atoms with E-state index in [-0.39, 0.29) is 0 Å². The zero-order valence-electron chi connectivity index (χ0n) is 15.9. The summed E-state index contributed by atoms with van der Waals surface area (Å²) in [5.41, 5.74) is 0. The van der Waals surface area contributed by atoms with Gasteiger partial charge in [0.25, 0.3) is 0 Å². The number of nitrogens with zero attached hydrogens (tertiary/aromatic N) is 2. The minimum Gasteiger partial charge on any atom is -0.416 e. The monoisotopic (exact) mass is 382 g/mol. The summed E-state index contributed by atoms with van der Waals surface area (Å²) in [5.74, 6) is 0. The van der Waals surface area contributed by atoms with Gasteiger partial charge in [-0.1, -0.05) is 13.8 Å². The molecule has 0 aromatic heterocycles. The SMILES string of the molecule is CCN(C)[Si]1(C)O[Si](C)(C)O[Si](C)(C)O[Si](C)(N(C)CC)O1. The van der Waals surface area contributed by atoms with E-state index in [1.165, 1.54) is 0 Å². The molecule has 0 spiro atoms. The summed E-state index contributed by atoms with van der Waals surface area (Å²) in [6.07, 6.45) is 0. The van der Waals surface area contributed by atoms with Crippen molar-refractivity contribution in [1.82, 2.24) is 9.13 Å². The molecule has 1 saturated heterocycles. The molecule has 0 bridgehead atoms. The molecule has 22 heavy (non-hydrogen) atoms. The largest absolute Gasteiger partial charge is 0.416 e. The fraction of sp³-hybridized carbons (Fsp3) is 1.00. The molecule has 132 valence electrons. The second-order valence-corrected chi connectivity index (χ2v) is 21.0. The van der Waals surface area contributed by atoms with Gasteiger partial charge in [-0.15, -0.1) is 0 Å². The Hall–Kier alpha value is 0.628. The van der Waals surface area contributed by atoms with E-state index < -0.39 is 34.6 Å². The van der Waals surface area contributed by atoms with Crippen LogP contribution < -0.4 is 0 Å². The Kier molecular flexibility index (Phi) is 6.45. The number of hydrogen-bond acceptors (Lipinski definition) is 6. The third kappa shape index (κ3) is 4.81. The minimum absolute atomic E-state index is 0.883. The number of hydrogen-bond donors (Lipinski definition) is 0. The molecule has 1 aliphatic rings. The smallest absolute Gasteiger partial charge is 0.407 e. The van der Waals surface area contributed by atoms with Crippen molar-refractivity contribution < 1.29 is 16.5 Å². The van der Waals surface area contributed by atoms with Crippen LogP contribution in [0.25, 0.3) is 0 Å². The molecule has 0 radical (unpaired) electrons. The van der Waals surface area contributed by atoms with E-state index in [4.69, 9.17) is 16.5 Å². The molecule has 2 unspecified atom stereocenters. The molecular formula is C12H34N2O4Si4. The highest BCUT2D eigenvalue weighted by Crippen LogP contribution is 2.32. The van der Waals surface area contributed by atoms with Crippen LogP contribution >= 0.6 is 0 Å². The van der Waals surface area contributed by atoms with Crippen LogP contribution in [-0.4, -0.2) is 70.9 Å². The van der Waals surface area contributed by atoms with Crippen LogP contribution in [0.1, 0.15) is 13.8 Å². The average Bonchev–Trinajstić information content (AvgIpc) is 2.31. The van der Waals surface area contributed by atoms with Gasteiger partial charge < -0.3 is 16.5 Å². The summed E-state index contributed by atoms with van der Waals surface area (Å²) in [7, 11) is -5.54. The lowest BCUT2D eigenvalue weighted by Crippen LogP contribution is -2.73. The minimum atomic E-state index is -2.55. The van der Waals surface area contributed by atoms with E-state index in [0.29, 0.717) is 0 Å². The Bertz CT molecular complexity index is 367. The summed E-state index contributed by atoms with van der Waals surface area (Å²) in [6, 6.07) is 0. The van der Waals surface area contributed by atoms with E-state index in [2.05, 4.69) is 76.4 Å². The van der Waals surface area contributed by atoms with E-state index in [1.54, 1.807) is 0 Å². The summed E-state index contributed by atoms with van der Waals surface area (Å²) in [5, 5.41) is 0. The summed E-state index contributed by atoms with van der Waals surface area (Å²) in [4.78, 5) is 0. The van der Waals surface area contributed by atoms with E-state index in [0.717, 1.165) is 13.1 Å².